The minimum Gasteiger partial charge on any atom is -0.497 e. The van der Waals surface area contributed by atoms with Crippen molar-refractivity contribution < 1.29 is 4.74 Å². The Morgan fingerprint density at radius 1 is 1.00 bits per heavy atom. The maximum absolute atomic E-state index is 5.31. The highest BCUT2D eigenvalue weighted by atomic mass is 16.5. The number of ether oxygens (including phenoxy) is 1. The van der Waals surface area contributed by atoms with Crippen LogP contribution in [0.3, 0.4) is 0 Å². The molecule has 0 saturated heterocycles. The summed E-state index contributed by atoms with van der Waals surface area (Å²) in [6.07, 6.45) is 0. The third kappa shape index (κ3) is 2.96. The molecule has 2 aromatic carbocycles. The molecule has 0 aliphatic carbocycles. The molecule has 2 heteroatoms. The largest absolute Gasteiger partial charge is 0.497 e. The molecule has 0 aromatic heterocycles. The van der Waals surface area contributed by atoms with E-state index in [0.717, 1.165) is 12.3 Å². The van der Waals surface area contributed by atoms with E-state index in [1.54, 1.807) is 7.11 Å². The summed E-state index contributed by atoms with van der Waals surface area (Å²) in [6, 6.07) is 12.9. The lowest BCUT2D eigenvalue weighted by Gasteiger charge is -2.14. The summed E-state index contributed by atoms with van der Waals surface area (Å²) < 4.78 is 5.31. The predicted octanol–water partition coefficient (Wildman–Crippen LogP) is 3.70. The van der Waals surface area contributed by atoms with E-state index in [1.165, 1.54) is 27.8 Å². The van der Waals surface area contributed by atoms with Crippen molar-refractivity contribution in [2.24, 2.45) is 0 Å². The van der Waals surface area contributed by atoms with E-state index in [2.05, 4.69) is 49.5 Å². The Balaban J connectivity index is 2.54. The van der Waals surface area contributed by atoms with Gasteiger partial charge in [0.2, 0.25) is 0 Å². The quantitative estimate of drug-likeness (QED) is 0.899. The highest BCUT2D eigenvalue weighted by Gasteiger charge is 2.08. The van der Waals surface area contributed by atoms with Gasteiger partial charge in [0.25, 0.3) is 0 Å². The lowest BCUT2D eigenvalue weighted by atomic mass is 9.94. The molecule has 0 saturated carbocycles. The van der Waals surface area contributed by atoms with Crippen LogP contribution in [-0.2, 0) is 6.54 Å². The topological polar surface area (TPSA) is 21.3 Å². The van der Waals surface area contributed by atoms with Crippen molar-refractivity contribution in [2.75, 3.05) is 14.2 Å². The van der Waals surface area contributed by atoms with Gasteiger partial charge in [0.1, 0.15) is 5.75 Å². The van der Waals surface area contributed by atoms with Crippen LogP contribution in [-0.4, -0.2) is 14.2 Å². The van der Waals surface area contributed by atoms with Crippen molar-refractivity contribution in [3.8, 4) is 16.9 Å². The van der Waals surface area contributed by atoms with Crippen LogP contribution in [0.4, 0.5) is 0 Å². The Labute approximate surface area is 115 Å². The Kier molecular flexibility index (Phi) is 4.23. The highest BCUT2D eigenvalue weighted by Crippen LogP contribution is 2.30. The summed E-state index contributed by atoms with van der Waals surface area (Å²) in [5.74, 6) is 0.902. The molecule has 0 spiro atoms. The van der Waals surface area contributed by atoms with Gasteiger partial charge in [0.05, 0.1) is 7.11 Å². The van der Waals surface area contributed by atoms with Crippen molar-refractivity contribution in [2.45, 2.75) is 20.4 Å². The van der Waals surface area contributed by atoms with Gasteiger partial charge in [-0.3, -0.25) is 0 Å². The Morgan fingerprint density at radius 2 is 1.74 bits per heavy atom. The molecule has 2 rings (SSSR count). The Hall–Kier alpha value is -1.80. The Bertz CT molecular complexity index is 575. The van der Waals surface area contributed by atoms with Crippen LogP contribution in [0, 0.1) is 13.8 Å². The van der Waals surface area contributed by atoms with Crippen LogP contribution in [0.15, 0.2) is 36.4 Å². The molecular formula is C17H21NO. The fourth-order valence-corrected chi connectivity index (χ4v) is 2.41. The fourth-order valence-electron chi connectivity index (χ4n) is 2.41. The molecule has 0 aliphatic rings. The van der Waals surface area contributed by atoms with Gasteiger partial charge in [-0.15, -0.1) is 0 Å². The minimum atomic E-state index is 0.833. The number of methoxy groups -OCH3 is 1. The second kappa shape index (κ2) is 5.89. The van der Waals surface area contributed by atoms with Gasteiger partial charge in [-0.25, -0.2) is 0 Å². The van der Waals surface area contributed by atoms with Gasteiger partial charge in [0, 0.05) is 6.54 Å². The predicted molar refractivity (Wildman–Crippen MR) is 80.7 cm³/mol. The lowest BCUT2D eigenvalue weighted by molar-refractivity contribution is 0.414. The molecule has 0 aliphatic heterocycles. The van der Waals surface area contributed by atoms with Crippen LogP contribution in [0.5, 0.6) is 5.75 Å². The summed E-state index contributed by atoms with van der Waals surface area (Å²) in [4.78, 5) is 0. The molecule has 0 heterocycles. The van der Waals surface area contributed by atoms with E-state index >= 15 is 0 Å². The maximum Gasteiger partial charge on any atom is 0.119 e. The average Bonchev–Trinajstić information content (AvgIpc) is 2.40. The molecule has 100 valence electrons. The number of nitrogens with one attached hydrogen (secondary N) is 1. The van der Waals surface area contributed by atoms with Gasteiger partial charge < -0.3 is 10.1 Å². The molecule has 1 N–H and O–H groups in total. The van der Waals surface area contributed by atoms with E-state index < -0.39 is 0 Å². The van der Waals surface area contributed by atoms with Crippen LogP contribution in [0.25, 0.3) is 11.1 Å². The second-order valence-corrected chi connectivity index (χ2v) is 4.87. The summed E-state index contributed by atoms with van der Waals surface area (Å²) in [7, 11) is 3.67. The second-order valence-electron chi connectivity index (χ2n) is 4.87. The van der Waals surface area contributed by atoms with E-state index in [1.807, 2.05) is 13.1 Å². The zero-order valence-corrected chi connectivity index (χ0v) is 12.1. The standard InChI is InChI=1S/C17H21NO/c1-12-5-7-16(13(2)9-12)17-8-6-15(19-4)10-14(17)11-18-3/h5-10,18H,11H2,1-4H3. The van der Waals surface area contributed by atoms with E-state index in [9.17, 15) is 0 Å². The first kappa shape index (κ1) is 13.6. The number of benzene rings is 2. The van der Waals surface area contributed by atoms with Gasteiger partial charge >= 0.3 is 0 Å². The van der Waals surface area contributed by atoms with Crippen LogP contribution >= 0.6 is 0 Å². The average molecular weight is 255 g/mol. The van der Waals surface area contributed by atoms with Crippen molar-refractivity contribution in [1.29, 1.82) is 0 Å². The zero-order chi connectivity index (χ0) is 13.8. The summed E-state index contributed by atoms with van der Waals surface area (Å²) in [5, 5.41) is 3.22. The Morgan fingerprint density at radius 3 is 2.37 bits per heavy atom. The normalized spacial score (nSPS) is 10.5. The monoisotopic (exact) mass is 255 g/mol. The van der Waals surface area contributed by atoms with Crippen molar-refractivity contribution in [3.05, 3.63) is 53.1 Å². The third-order valence-electron chi connectivity index (χ3n) is 3.35. The zero-order valence-electron chi connectivity index (χ0n) is 12.1. The van der Waals surface area contributed by atoms with Crippen molar-refractivity contribution in [1.82, 2.24) is 5.32 Å². The molecule has 0 atom stereocenters. The van der Waals surface area contributed by atoms with E-state index in [4.69, 9.17) is 4.74 Å². The molecule has 0 amide bonds. The molecule has 0 bridgehead atoms. The van der Waals surface area contributed by atoms with Gasteiger partial charge in [0.15, 0.2) is 0 Å². The number of rotatable bonds is 4. The first-order chi connectivity index (χ1) is 9.15. The highest BCUT2D eigenvalue weighted by molar-refractivity contribution is 5.71. The lowest BCUT2D eigenvalue weighted by Crippen LogP contribution is -2.07. The minimum absolute atomic E-state index is 0.833. The molecule has 0 radical (unpaired) electrons. The summed E-state index contributed by atoms with van der Waals surface area (Å²) >= 11 is 0. The molecule has 19 heavy (non-hydrogen) atoms. The van der Waals surface area contributed by atoms with E-state index in [0.29, 0.717) is 0 Å². The summed E-state index contributed by atoms with van der Waals surface area (Å²) in [6.45, 7) is 5.12. The molecular weight excluding hydrogens is 234 g/mol. The number of hydrogen-bond donors (Lipinski definition) is 1. The third-order valence-corrected chi connectivity index (χ3v) is 3.35. The van der Waals surface area contributed by atoms with Crippen LogP contribution in [0.2, 0.25) is 0 Å². The van der Waals surface area contributed by atoms with Gasteiger partial charge in [-0.05, 0) is 55.3 Å². The van der Waals surface area contributed by atoms with Crippen molar-refractivity contribution in [3.63, 3.8) is 0 Å². The smallest absolute Gasteiger partial charge is 0.119 e. The van der Waals surface area contributed by atoms with Gasteiger partial charge in [-0.1, -0.05) is 29.8 Å². The SMILES string of the molecule is CNCc1cc(OC)ccc1-c1ccc(C)cc1C. The maximum atomic E-state index is 5.31. The van der Waals surface area contributed by atoms with E-state index in [-0.39, 0.29) is 0 Å². The first-order valence-corrected chi connectivity index (χ1v) is 6.55. The van der Waals surface area contributed by atoms with Gasteiger partial charge in [-0.2, -0.15) is 0 Å². The van der Waals surface area contributed by atoms with Crippen LogP contribution in [0.1, 0.15) is 16.7 Å². The number of hydrogen-bond acceptors (Lipinski definition) is 2. The molecule has 0 unspecified atom stereocenters. The van der Waals surface area contributed by atoms with Crippen LogP contribution < -0.4 is 10.1 Å². The number of aryl methyl sites for hydroxylation is 2. The fraction of sp³-hybridized carbons (Fsp3) is 0.294. The molecule has 2 nitrogen and oxygen atoms in total. The summed E-state index contributed by atoms with van der Waals surface area (Å²) in [5.41, 5.74) is 6.42. The molecule has 0 fully saturated rings. The molecule has 2 aromatic rings. The van der Waals surface area contributed by atoms with Crippen molar-refractivity contribution >= 4 is 0 Å². The first-order valence-electron chi connectivity index (χ1n) is 6.55.